The van der Waals surface area contributed by atoms with Gasteiger partial charge in [0.15, 0.2) is 0 Å². The van der Waals surface area contributed by atoms with Gasteiger partial charge in [-0.05, 0) is 19.1 Å². The molecule has 0 radical (unpaired) electrons. The van der Waals surface area contributed by atoms with Crippen LogP contribution in [0.1, 0.15) is 12.5 Å². The molecule has 10 heteroatoms. The van der Waals surface area contributed by atoms with E-state index in [-0.39, 0.29) is 5.02 Å². The Balaban J connectivity index is 2.24. The molecule has 0 saturated carbocycles. The fourth-order valence-electron chi connectivity index (χ4n) is 2.29. The maximum Gasteiger partial charge on any atom is 0.325 e. The summed E-state index contributed by atoms with van der Waals surface area (Å²) < 4.78 is 0. The number of imide groups is 2. The maximum atomic E-state index is 12.6. The Morgan fingerprint density at radius 3 is 2.54 bits per heavy atom. The number of carbonyl (C=O) groups excluding carboxylic acids is 4. The van der Waals surface area contributed by atoms with Gasteiger partial charge >= 0.3 is 12.1 Å². The van der Waals surface area contributed by atoms with Gasteiger partial charge in [-0.15, -0.1) is 0 Å². The van der Waals surface area contributed by atoms with Crippen LogP contribution in [-0.4, -0.2) is 42.4 Å². The second-order valence-electron chi connectivity index (χ2n) is 5.20. The van der Waals surface area contributed by atoms with Crippen LogP contribution < -0.4 is 16.0 Å². The van der Waals surface area contributed by atoms with E-state index >= 15 is 0 Å². The first-order valence-electron chi connectivity index (χ1n) is 6.80. The zero-order chi connectivity index (χ0) is 18.1. The van der Waals surface area contributed by atoms with E-state index in [2.05, 4.69) is 10.6 Å². The number of amides is 6. The van der Waals surface area contributed by atoms with Crippen LogP contribution in [-0.2, 0) is 15.1 Å². The van der Waals surface area contributed by atoms with E-state index < -0.39 is 36.0 Å². The van der Waals surface area contributed by atoms with Gasteiger partial charge in [0.1, 0.15) is 12.1 Å². The second kappa shape index (κ2) is 6.66. The zero-order valence-corrected chi connectivity index (χ0v) is 14.3. The Bertz CT molecular complexity index is 739. The van der Waals surface area contributed by atoms with Crippen LogP contribution in [0.15, 0.2) is 18.2 Å². The van der Waals surface area contributed by atoms with Gasteiger partial charge < -0.3 is 10.6 Å². The lowest BCUT2D eigenvalue weighted by molar-refractivity contribution is -0.134. The second-order valence-corrected chi connectivity index (χ2v) is 6.04. The normalized spacial score (nSPS) is 19.9. The fraction of sp³-hybridized carbons (Fsp3) is 0.286. The minimum atomic E-state index is -1.44. The van der Waals surface area contributed by atoms with Crippen molar-refractivity contribution in [2.24, 2.45) is 0 Å². The molecule has 0 unspecified atom stereocenters. The summed E-state index contributed by atoms with van der Waals surface area (Å²) in [6.45, 7) is 0.873. The number of carbonyl (C=O) groups is 4. The van der Waals surface area contributed by atoms with Crippen LogP contribution in [0.5, 0.6) is 0 Å². The Labute approximate surface area is 147 Å². The summed E-state index contributed by atoms with van der Waals surface area (Å²) in [5.74, 6) is -1.46. The van der Waals surface area contributed by atoms with Crippen molar-refractivity contribution in [3.8, 4) is 0 Å². The quantitative estimate of drug-likeness (QED) is 0.693. The Hall–Kier alpha value is -2.32. The third-order valence-electron chi connectivity index (χ3n) is 3.53. The smallest absolute Gasteiger partial charge is 0.325 e. The van der Waals surface area contributed by atoms with Gasteiger partial charge in [-0.3, -0.25) is 19.8 Å². The van der Waals surface area contributed by atoms with Gasteiger partial charge in [0.25, 0.3) is 5.91 Å². The van der Waals surface area contributed by atoms with Crippen molar-refractivity contribution in [3.05, 3.63) is 33.8 Å². The average Bonchev–Trinajstić information content (AvgIpc) is 2.71. The summed E-state index contributed by atoms with van der Waals surface area (Å²) >= 11 is 12.0. The number of hydrogen-bond donors (Lipinski definition) is 3. The van der Waals surface area contributed by atoms with Crippen LogP contribution in [0.4, 0.5) is 9.59 Å². The predicted octanol–water partition coefficient (Wildman–Crippen LogP) is 1.22. The SMILES string of the molecule is CNC(=O)NC(=O)CN1C(=O)N[C@](C)(c2ccc(Cl)cc2Cl)C1=O. The highest BCUT2D eigenvalue weighted by Crippen LogP contribution is 2.34. The number of hydrogen-bond acceptors (Lipinski definition) is 4. The summed E-state index contributed by atoms with van der Waals surface area (Å²) in [5.41, 5.74) is -1.09. The van der Waals surface area contributed by atoms with Crippen molar-refractivity contribution >= 4 is 47.1 Å². The maximum absolute atomic E-state index is 12.6. The average molecular weight is 373 g/mol. The zero-order valence-electron chi connectivity index (χ0n) is 12.8. The van der Waals surface area contributed by atoms with Gasteiger partial charge in [-0.1, -0.05) is 29.3 Å². The van der Waals surface area contributed by atoms with Crippen molar-refractivity contribution in [2.45, 2.75) is 12.5 Å². The van der Waals surface area contributed by atoms with E-state index in [1.165, 1.54) is 32.2 Å². The first-order valence-corrected chi connectivity index (χ1v) is 7.56. The molecule has 2 rings (SSSR count). The fourth-order valence-corrected chi connectivity index (χ4v) is 2.89. The molecule has 128 valence electrons. The summed E-state index contributed by atoms with van der Waals surface area (Å²) in [7, 11) is 1.33. The molecule has 0 aromatic heterocycles. The molecule has 1 fully saturated rings. The summed E-state index contributed by atoms with van der Waals surface area (Å²) in [5, 5.41) is 7.26. The third-order valence-corrected chi connectivity index (χ3v) is 4.07. The molecule has 1 aliphatic heterocycles. The van der Waals surface area contributed by atoms with Crippen LogP contribution >= 0.6 is 23.2 Å². The van der Waals surface area contributed by atoms with E-state index in [1.54, 1.807) is 0 Å². The van der Waals surface area contributed by atoms with E-state index in [4.69, 9.17) is 23.2 Å². The molecule has 1 heterocycles. The van der Waals surface area contributed by atoms with Crippen molar-refractivity contribution in [1.29, 1.82) is 0 Å². The predicted molar refractivity (Wildman–Crippen MR) is 86.7 cm³/mol. The number of benzene rings is 1. The molecule has 6 amide bonds. The van der Waals surface area contributed by atoms with E-state index in [0.29, 0.717) is 15.5 Å². The Morgan fingerprint density at radius 1 is 1.29 bits per heavy atom. The lowest BCUT2D eigenvalue weighted by Crippen LogP contribution is -2.46. The highest BCUT2D eigenvalue weighted by atomic mass is 35.5. The number of nitrogens with one attached hydrogen (secondary N) is 3. The number of halogens is 2. The molecule has 1 atom stereocenters. The van der Waals surface area contributed by atoms with Crippen molar-refractivity contribution < 1.29 is 19.2 Å². The molecule has 0 aliphatic carbocycles. The first-order chi connectivity index (χ1) is 11.2. The van der Waals surface area contributed by atoms with Gasteiger partial charge in [0, 0.05) is 22.7 Å². The van der Waals surface area contributed by atoms with Crippen LogP contribution in [0.25, 0.3) is 0 Å². The highest BCUT2D eigenvalue weighted by Gasteiger charge is 2.50. The highest BCUT2D eigenvalue weighted by molar-refractivity contribution is 6.35. The standard InChI is InChI=1S/C14H14Cl2N4O4/c1-14(8-4-3-7(15)5-9(8)16)11(22)20(13(24)19-14)6-10(21)18-12(23)17-2/h3-5H,6H2,1-2H3,(H,19,24)(H2,17,18,21,23)/t14-/m1/s1. The third kappa shape index (κ3) is 3.29. The lowest BCUT2D eigenvalue weighted by atomic mass is 9.92. The molecule has 8 nitrogen and oxygen atoms in total. The summed E-state index contributed by atoms with van der Waals surface area (Å²) in [6, 6.07) is 3.01. The van der Waals surface area contributed by atoms with Gasteiger partial charge in [0.2, 0.25) is 5.91 Å². The molecule has 1 aliphatic rings. The minimum absolute atomic E-state index is 0.204. The van der Waals surface area contributed by atoms with Gasteiger partial charge in [-0.25, -0.2) is 9.59 Å². The Morgan fingerprint density at radius 2 is 1.96 bits per heavy atom. The molecule has 0 spiro atoms. The van der Waals surface area contributed by atoms with E-state index in [9.17, 15) is 19.2 Å². The molecule has 3 N–H and O–H groups in total. The topological polar surface area (TPSA) is 108 Å². The van der Waals surface area contributed by atoms with E-state index in [0.717, 1.165) is 0 Å². The van der Waals surface area contributed by atoms with Gasteiger partial charge in [-0.2, -0.15) is 0 Å². The van der Waals surface area contributed by atoms with Crippen molar-refractivity contribution in [1.82, 2.24) is 20.9 Å². The molecule has 1 saturated heterocycles. The molecule has 1 aromatic rings. The summed E-state index contributed by atoms with van der Waals surface area (Å²) in [6.07, 6.45) is 0. The van der Waals surface area contributed by atoms with E-state index in [1.807, 2.05) is 5.32 Å². The van der Waals surface area contributed by atoms with Crippen molar-refractivity contribution in [3.63, 3.8) is 0 Å². The molecule has 0 bridgehead atoms. The minimum Gasteiger partial charge on any atom is -0.341 e. The number of nitrogens with zero attached hydrogens (tertiary/aromatic N) is 1. The largest absolute Gasteiger partial charge is 0.341 e. The lowest BCUT2D eigenvalue weighted by Gasteiger charge is -2.23. The van der Waals surface area contributed by atoms with Crippen LogP contribution in [0, 0.1) is 0 Å². The van der Waals surface area contributed by atoms with Crippen LogP contribution in [0.2, 0.25) is 10.0 Å². The van der Waals surface area contributed by atoms with Crippen molar-refractivity contribution in [2.75, 3.05) is 13.6 Å². The molecule has 24 heavy (non-hydrogen) atoms. The first kappa shape index (κ1) is 18.0. The number of rotatable bonds is 3. The van der Waals surface area contributed by atoms with Crippen LogP contribution in [0.3, 0.4) is 0 Å². The van der Waals surface area contributed by atoms with Gasteiger partial charge in [0.05, 0.1) is 0 Å². The number of urea groups is 2. The molecular formula is C14H14Cl2N4O4. The summed E-state index contributed by atoms with van der Waals surface area (Å²) in [4.78, 5) is 48.3. The Kier molecular flexibility index (Phi) is 5.00. The molecule has 1 aromatic carbocycles. The molecular weight excluding hydrogens is 359 g/mol. The monoisotopic (exact) mass is 372 g/mol.